The van der Waals surface area contributed by atoms with Gasteiger partial charge in [0.05, 0.1) is 5.75 Å². The van der Waals surface area contributed by atoms with E-state index in [1.165, 1.54) is 10.5 Å². The van der Waals surface area contributed by atoms with Crippen LogP contribution in [0.15, 0.2) is 33.7 Å². The molecule has 1 heterocycles. The summed E-state index contributed by atoms with van der Waals surface area (Å²) in [5.41, 5.74) is 1.31. The summed E-state index contributed by atoms with van der Waals surface area (Å²) >= 11 is 1.70. The highest BCUT2D eigenvalue weighted by molar-refractivity contribution is 7.98. The van der Waals surface area contributed by atoms with Crippen LogP contribution >= 0.6 is 11.8 Å². The number of benzene rings is 1. The van der Waals surface area contributed by atoms with Crippen LogP contribution in [0.2, 0.25) is 0 Å². The Morgan fingerprint density at radius 3 is 2.63 bits per heavy atom. The standard InChI is InChI=1S/C14H19N3OS/c1-4-15-10(2)12-5-7-13(8-6-12)19-9-14-16-11(3)17-18-14/h5-8,10,15H,4,9H2,1-3H3. The fraction of sp³-hybridized carbons (Fsp3) is 0.429. The monoisotopic (exact) mass is 277 g/mol. The van der Waals surface area contributed by atoms with Crippen LogP contribution in [0.1, 0.15) is 37.2 Å². The minimum absolute atomic E-state index is 0.391. The molecule has 0 saturated heterocycles. The zero-order chi connectivity index (χ0) is 13.7. The molecule has 1 aromatic heterocycles. The fourth-order valence-corrected chi connectivity index (χ4v) is 2.56. The number of hydrogen-bond acceptors (Lipinski definition) is 5. The summed E-state index contributed by atoms with van der Waals surface area (Å²) in [5.74, 6) is 2.07. The lowest BCUT2D eigenvalue weighted by Gasteiger charge is -2.12. The molecule has 0 amide bonds. The smallest absolute Gasteiger partial charge is 0.236 e. The first-order valence-electron chi connectivity index (χ1n) is 6.44. The third-order valence-corrected chi connectivity index (χ3v) is 3.82. The second kappa shape index (κ2) is 6.73. The zero-order valence-electron chi connectivity index (χ0n) is 11.5. The number of aromatic nitrogens is 2. The predicted molar refractivity (Wildman–Crippen MR) is 77.1 cm³/mol. The van der Waals surface area contributed by atoms with Crippen molar-refractivity contribution in [1.82, 2.24) is 15.5 Å². The van der Waals surface area contributed by atoms with Crippen molar-refractivity contribution >= 4 is 11.8 Å². The third-order valence-electron chi connectivity index (χ3n) is 2.82. The Bertz CT molecular complexity index is 510. The van der Waals surface area contributed by atoms with Gasteiger partial charge in [-0.2, -0.15) is 4.98 Å². The Morgan fingerprint density at radius 2 is 2.05 bits per heavy atom. The minimum atomic E-state index is 0.391. The molecule has 2 rings (SSSR count). The van der Waals surface area contributed by atoms with Gasteiger partial charge in [0.1, 0.15) is 0 Å². The van der Waals surface area contributed by atoms with Gasteiger partial charge in [-0.1, -0.05) is 24.2 Å². The van der Waals surface area contributed by atoms with E-state index in [2.05, 4.69) is 53.6 Å². The molecule has 0 aliphatic carbocycles. The van der Waals surface area contributed by atoms with Crippen LogP contribution in [-0.4, -0.2) is 16.7 Å². The van der Waals surface area contributed by atoms with Gasteiger partial charge < -0.3 is 9.84 Å². The molecule has 1 atom stereocenters. The van der Waals surface area contributed by atoms with Crippen LogP contribution in [0.4, 0.5) is 0 Å². The summed E-state index contributed by atoms with van der Waals surface area (Å²) in [4.78, 5) is 5.40. The summed E-state index contributed by atoms with van der Waals surface area (Å²) in [5, 5.41) is 7.18. The van der Waals surface area contributed by atoms with E-state index < -0.39 is 0 Å². The number of nitrogens with one attached hydrogen (secondary N) is 1. The fourth-order valence-electron chi connectivity index (χ4n) is 1.82. The van der Waals surface area contributed by atoms with Gasteiger partial charge in [0.2, 0.25) is 5.89 Å². The van der Waals surface area contributed by atoms with Gasteiger partial charge in [-0.25, -0.2) is 0 Å². The number of nitrogens with zero attached hydrogens (tertiary/aromatic N) is 2. The largest absolute Gasteiger partial charge is 0.338 e. The third kappa shape index (κ3) is 4.08. The topological polar surface area (TPSA) is 51.0 Å². The van der Waals surface area contributed by atoms with Crippen molar-refractivity contribution in [3.63, 3.8) is 0 Å². The van der Waals surface area contributed by atoms with E-state index in [9.17, 15) is 0 Å². The molecule has 0 aliphatic rings. The van der Waals surface area contributed by atoms with Gasteiger partial charge in [-0.15, -0.1) is 11.8 Å². The number of rotatable bonds is 6. The number of thioether (sulfide) groups is 1. The van der Waals surface area contributed by atoms with Crippen LogP contribution in [0.5, 0.6) is 0 Å². The van der Waals surface area contributed by atoms with Crippen LogP contribution < -0.4 is 5.32 Å². The first-order chi connectivity index (χ1) is 9.19. The molecule has 1 aromatic carbocycles. The first-order valence-corrected chi connectivity index (χ1v) is 7.43. The Hall–Kier alpha value is -1.33. The molecule has 1 N–H and O–H groups in total. The van der Waals surface area contributed by atoms with Crippen molar-refractivity contribution in [3.05, 3.63) is 41.5 Å². The van der Waals surface area contributed by atoms with E-state index in [-0.39, 0.29) is 0 Å². The maximum Gasteiger partial charge on any atom is 0.236 e. The lowest BCUT2D eigenvalue weighted by atomic mass is 10.1. The van der Waals surface area contributed by atoms with Crippen LogP contribution in [0, 0.1) is 6.92 Å². The summed E-state index contributed by atoms with van der Waals surface area (Å²) in [6.07, 6.45) is 0. The molecule has 19 heavy (non-hydrogen) atoms. The average molecular weight is 277 g/mol. The van der Waals surface area contributed by atoms with Crippen molar-refractivity contribution in [2.24, 2.45) is 0 Å². The molecule has 0 saturated carbocycles. The summed E-state index contributed by atoms with van der Waals surface area (Å²) in [7, 11) is 0. The molecule has 102 valence electrons. The number of aryl methyl sites for hydroxylation is 1. The zero-order valence-corrected chi connectivity index (χ0v) is 12.3. The van der Waals surface area contributed by atoms with Gasteiger partial charge >= 0.3 is 0 Å². The van der Waals surface area contributed by atoms with Crippen LogP contribution in [-0.2, 0) is 5.75 Å². The van der Waals surface area contributed by atoms with E-state index in [1.54, 1.807) is 11.8 Å². The Balaban J connectivity index is 1.91. The van der Waals surface area contributed by atoms with Gasteiger partial charge in [0.25, 0.3) is 0 Å². The van der Waals surface area contributed by atoms with E-state index in [1.807, 2.05) is 6.92 Å². The van der Waals surface area contributed by atoms with Gasteiger partial charge in [-0.3, -0.25) is 0 Å². The van der Waals surface area contributed by atoms with Crippen molar-refractivity contribution in [2.75, 3.05) is 6.54 Å². The minimum Gasteiger partial charge on any atom is -0.338 e. The maximum atomic E-state index is 5.09. The molecule has 0 bridgehead atoms. The molecule has 5 heteroatoms. The molecule has 0 radical (unpaired) electrons. The molecule has 1 unspecified atom stereocenters. The van der Waals surface area contributed by atoms with Crippen molar-refractivity contribution in [1.29, 1.82) is 0 Å². The lowest BCUT2D eigenvalue weighted by molar-refractivity contribution is 0.387. The highest BCUT2D eigenvalue weighted by atomic mass is 32.2. The molecule has 0 aliphatic heterocycles. The Labute approximate surface area is 118 Å². The lowest BCUT2D eigenvalue weighted by Crippen LogP contribution is -2.17. The summed E-state index contributed by atoms with van der Waals surface area (Å²) in [6.45, 7) is 7.10. The van der Waals surface area contributed by atoms with E-state index in [0.717, 1.165) is 6.54 Å². The van der Waals surface area contributed by atoms with Gasteiger partial charge in [0, 0.05) is 10.9 Å². The van der Waals surface area contributed by atoms with E-state index in [0.29, 0.717) is 23.5 Å². The van der Waals surface area contributed by atoms with Gasteiger partial charge in [-0.05, 0) is 38.1 Å². The molecule has 0 spiro atoms. The van der Waals surface area contributed by atoms with Crippen LogP contribution in [0.3, 0.4) is 0 Å². The van der Waals surface area contributed by atoms with Crippen LogP contribution in [0.25, 0.3) is 0 Å². The molecule has 4 nitrogen and oxygen atoms in total. The van der Waals surface area contributed by atoms with E-state index in [4.69, 9.17) is 4.52 Å². The van der Waals surface area contributed by atoms with Crippen molar-refractivity contribution in [3.8, 4) is 0 Å². The van der Waals surface area contributed by atoms with E-state index >= 15 is 0 Å². The molecular formula is C14H19N3OS. The van der Waals surface area contributed by atoms with Crippen molar-refractivity contribution in [2.45, 2.75) is 37.5 Å². The Kier molecular flexibility index (Phi) is 4.99. The summed E-state index contributed by atoms with van der Waals surface area (Å²) in [6, 6.07) is 8.99. The van der Waals surface area contributed by atoms with Gasteiger partial charge in [0.15, 0.2) is 5.82 Å². The molecule has 0 fully saturated rings. The SMILES string of the molecule is CCNC(C)c1ccc(SCc2nc(C)no2)cc1. The quantitative estimate of drug-likeness (QED) is 0.821. The first kappa shape index (κ1) is 14.1. The Morgan fingerprint density at radius 1 is 1.32 bits per heavy atom. The highest BCUT2D eigenvalue weighted by Crippen LogP contribution is 2.23. The highest BCUT2D eigenvalue weighted by Gasteiger charge is 2.05. The van der Waals surface area contributed by atoms with Crippen molar-refractivity contribution < 1.29 is 4.52 Å². The average Bonchev–Trinajstić information content (AvgIpc) is 2.83. The second-order valence-electron chi connectivity index (χ2n) is 4.37. The second-order valence-corrected chi connectivity index (χ2v) is 5.42. The maximum absolute atomic E-state index is 5.09. The molecular weight excluding hydrogens is 258 g/mol. The predicted octanol–water partition coefficient (Wildman–Crippen LogP) is 3.34. The molecule has 2 aromatic rings. The summed E-state index contributed by atoms with van der Waals surface area (Å²) < 4.78 is 5.09. The number of hydrogen-bond donors (Lipinski definition) is 1. The normalized spacial score (nSPS) is 12.6.